The van der Waals surface area contributed by atoms with Crippen molar-refractivity contribution in [3.05, 3.63) is 35.0 Å². The molecule has 1 aromatic heterocycles. The van der Waals surface area contributed by atoms with E-state index in [9.17, 15) is 9.90 Å². The number of carbonyl (C=O) groups is 1. The molecule has 4 rings (SSSR count). The van der Waals surface area contributed by atoms with Crippen LogP contribution >= 0.6 is 11.6 Å². The van der Waals surface area contributed by atoms with Gasteiger partial charge < -0.3 is 15.3 Å². The topological polar surface area (TPSA) is 65.5 Å². The number of rotatable bonds is 4. The first-order valence-corrected chi connectivity index (χ1v) is 11.0. The van der Waals surface area contributed by atoms with Crippen molar-refractivity contribution in [2.75, 3.05) is 11.4 Å². The summed E-state index contributed by atoms with van der Waals surface area (Å²) < 4.78 is 0. The van der Waals surface area contributed by atoms with Gasteiger partial charge in [0.1, 0.15) is 0 Å². The summed E-state index contributed by atoms with van der Waals surface area (Å²) in [5, 5.41) is 14.9. The second-order valence-electron chi connectivity index (χ2n) is 9.23. The van der Waals surface area contributed by atoms with Crippen LogP contribution in [0, 0.1) is 5.92 Å². The first kappa shape index (κ1) is 20.4. The van der Waals surface area contributed by atoms with E-state index in [2.05, 4.69) is 22.1 Å². The molecule has 2 aromatic rings. The van der Waals surface area contributed by atoms with Crippen molar-refractivity contribution < 1.29 is 9.90 Å². The van der Waals surface area contributed by atoms with E-state index in [0.29, 0.717) is 22.5 Å². The van der Waals surface area contributed by atoms with E-state index in [1.807, 2.05) is 32.0 Å². The van der Waals surface area contributed by atoms with E-state index in [-0.39, 0.29) is 11.9 Å². The zero-order valence-electron chi connectivity index (χ0n) is 17.4. The van der Waals surface area contributed by atoms with Crippen molar-refractivity contribution >= 4 is 34.1 Å². The number of nitrogens with one attached hydrogen (secondary N) is 1. The van der Waals surface area contributed by atoms with Crippen LogP contribution in [0.5, 0.6) is 0 Å². The van der Waals surface area contributed by atoms with E-state index >= 15 is 0 Å². The average Bonchev–Trinajstić information content (AvgIpc) is 2.66. The van der Waals surface area contributed by atoms with Gasteiger partial charge in [-0.05, 0) is 77.0 Å². The summed E-state index contributed by atoms with van der Waals surface area (Å²) in [7, 11) is 0. The SMILES string of the molecule is CC1CCN1c1cc2ncc(C(=O)NC3CCC(C(C)(C)O)CC3)cc2cc1Cl. The number of hydrogen-bond donors (Lipinski definition) is 2. The van der Waals surface area contributed by atoms with Gasteiger partial charge in [0.15, 0.2) is 0 Å². The maximum Gasteiger partial charge on any atom is 0.253 e. The highest BCUT2D eigenvalue weighted by atomic mass is 35.5. The molecule has 1 saturated carbocycles. The fraction of sp³-hybridized carbons (Fsp3) is 0.565. The lowest BCUT2D eigenvalue weighted by Crippen LogP contribution is -2.45. The van der Waals surface area contributed by atoms with Crippen LogP contribution in [0.4, 0.5) is 5.69 Å². The summed E-state index contributed by atoms with van der Waals surface area (Å²) >= 11 is 6.52. The van der Waals surface area contributed by atoms with Crippen LogP contribution in [0.2, 0.25) is 5.02 Å². The lowest BCUT2D eigenvalue weighted by atomic mass is 9.77. The Kier molecular flexibility index (Phi) is 5.47. The Labute approximate surface area is 177 Å². The van der Waals surface area contributed by atoms with Gasteiger partial charge in [-0.2, -0.15) is 0 Å². The van der Waals surface area contributed by atoms with Crippen LogP contribution in [-0.4, -0.2) is 40.2 Å². The number of fused-ring (bicyclic) bond motifs is 1. The Bertz CT molecular complexity index is 916. The predicted molar refractivity (Wildman–Crippen MR) is 118 cm³/mol. The second kappa shape index (κ2) is 7.77. The van der Waals surface area contributed by atoms with Crippen molar-refractivity contribution in [1.29, 1.82) is 0 Å². The van der Waals surface area contributed by atoms with Gasteiger partial charge in [-0.1, -0.05) is 11.6 Å². The molecule has 1 atom stereocenters. The molecule has 2 heterocycles. The molecule has 1 aliphatic heterocycles. The third-order valence-corrected chi connectivity index (χ3v) is 7.01. The molecule has 29 heavy (non-hydrogen) atoms. The van der Waals surface area contributed by atoms with Crippen LogP contribution in [0.3, 0.4) is 0 Å². The fourth-order valence-electron chi connectivity index (χ4n) is 4.57. The molecule has 1 aromatic carbocycles. The molecule has 2 N–H and O–H groups in total. The number of aromatic nitrogens is 1. The van der Waals surface area contributed by atoms with Crippen molar-refractivity contribution in [2.24, 2.45) is 5.92 Å². The third kappa shape index (κ3) is 4.22. The molecular formula is C23H30ClN3O2. The minimum absolute atomic E-state index is 0.0947. The van der Waals surface area contributed by atoms with Gasteiger partial charge in [0.05, 0.1) is 27.4 Å². The summed E-state index contributed by atoms with van der Waals surface area (Å²) in [6.07, 6.45) is 6.47. The summed E-state index contributed by atoms with van der Waals surface area (Å²) in [5.74, 6) is 0.200. The zero-order chi connectivity index (χ0) is 20.8. The number of hydrogen-bond acceptors (Lipinski definition) is 4. The van der Waals surface area contributed by atoms with Gasteiger partial charge in [0, 0.05) is 30.2 Å². The summed E-state index contributed by atoms with van der Waals surface area (Å²) in [5.41, 5.74) is 1.78. The number of halogens is 1. The largest absolute Gasteiger partial charge is 0.390 e. The van der Waals surface area contributed by atoms with Gasteiger partial charge in [0.2, 0.25) is 0 Å². The molecule has 156 valence electrons. The molecule has 0 bridgehead atoms. The smallest absolute Gasteiger partial charge is 0.253 e. The van der Waals surface area contributed by atoms with Gasteiger partial charge in [-0.25, -0.2) is 0 Å². The molecule has 2 aliphatic rings. The minimum Gasteiger partial charge on any atom is -0.390 e. The Morgan fingerprint density at radius 1 is 1.21 bits per heavy atom. The minimum atomic E-state index is -0.650. The van der Waals surface area contributed by atoms with E-state index in [0.717, 1.165) is 48.8 Å². The molecule has 1 aliphatic carbocycles. The zero-order valence-corrected chi connectivity index (χ0v) is 18.2. The summed E-state index contributed by atoms with van der Waals surface area (Å²) in [4.78, 5) is 19.6. The maximum absolute atomic E-state index is 12.8. The van der Waals surface area contributed by atoms with Gasteiger partial charge >= 0.3 is 0 Å². The number of carbonyl (C=O) groups excluding carboxylic acids is 1. The maximum atomic E-state index is 12.8. The highest BCUT2D eigenvalue weighted by Crippen LogP contribution is 2.36. The lowest BCUT2D eigenvalue weighted by Gasteiger charge is -2.41. The predicted octanol–water partition coefficient (Wildman–Crippen LogP) is 4.55. The number of pyridine rings is 1. The molecule has 1 amide bonds. The second-order valence-corrected chi connectivity index (χ2v) is 9.63. The number of nitrogens with zero attached hydrogens (tertiary/aromatic N) is 2. The van der Waals surface area contributed by atoms with Crippen LogP contribution < -0.4 is 10.2 Å². The first-order chi connectivity index (χ1) is 13.7. The summed E-state index contributed by atoms with van der Waals surface area (Å²) in [6.45, 7) is 6.95. The highest BCUT2D eigenvalue weighted by molar-refractivity contribution is 6.34. The van der Waals surface area contributed by atoms with Crippen molar-refractivity contribution in [2.45, 2.75) is 70.6 Å². The molecule has 6 heteroatoms. The van der Waals surface area contributed by atoms with Gasteiger partial charge in [-0.15, -0.1) is 0 Å². The molecule has 0 radical (unpaired) electrons. The molecule has 5 nitrogen and oxygen atoms in total. The van der Waals surface area contributed by atoms with Crippen molar-refractivity contribution in [3.63, 3.8) is 0 Å². The van der Waals surface area contributed by atoms with Crippen LogP contribution in [0.25, 0.3) is 10.9 Å². The number of anilines is 1. The molecule has 1 saturated heterocycles. The third-order valence-electron chi connectivity index (χ3n) is 6.70. The number of amides is 1. The first-order valence-electron chi connectivity index (χ1n) is 10.6. The Morgan fingerprint density at radius 2 is 1.93 bits per heavy atom. The quantitative estimate of drug-likeness (QED) is 0.768. The number of aliphatic hydroxyl groups is 1. The van der Waals surface area contributed by atoms with E-state index in [1.165, 1.54) is 6.42 Å². The molecule has 0 spiro atoms. The normalized spacial score (nSPS) is 25.0. The molecule has 1 unspecified atom stereocenters. The van der Waals surface area contributed by atoms with Crippen LogP contribution in [0.15, 0.2) is 24.4 Å². The van der Waals surface area contributed by atoms with E-state index in [4.69, 9.17) is 11.6 Å². The van der Waals surface area contributed by atoms with Crippen molar-refractivity contribution in [3.8, 4) is 0 Å². The number of benzene rings is 1. The molecular weight excluding hydrogens is 386 g/mol. The standard InChI is InChI=1S/C23H30ClN3O2/c1-14-8-9-27(14)21-12-20-15(11-19(21)24)10-16(13-25-20)22(28)26-18-6-4-17(5-7-18)23(2,3)29/h10-14,17-18,29H,4-9H2,1-3H3,(H,26,28). The van der Waals surface area contributed by atoms with Gasteiger partial charge in [-0.3, -0.25) is 9.78 Å². The Morgan fingerprint density at radius 3 is 2.52 bits per heavy atom. The Balaban J connectivity index is 1.45. The molecule has 2 fully saturated rings. The van der Waals surface area contributed by atoms with Crippen molar-refractivity contribution in [1.82, 2.24) is 10.3 Å². The van der Waals surface area contributed by atoms with Crippen LogP contribution in [0.1, 0.15) is 63.2 Å². The summed E-state index contributed by atoms with van der Waals surface area (Å²) in [6, 6.07) is 6.45. The Hall–Kier alpha value is -1.85. The van der Waals surface area contributed by atoms with E-state index < -0.39 is 5.60 Å². The fourth-order valence-corrected chi connectivity index (χ4v) is 4.85. The average molecular weight is 416 g/mol. The van der Waals surface area contributed by atoms with Gasteiger partial charge in [0.25, 0.3) is 5.91 Å². The van der Waals surface area contributed by atoms with Crippen LogP contribution in [-0.2, 0) is 0 Å². The van der Waals surface area contributed by atoms with E-state index in [1.54, 1.807) is 6.20 Å². The highest BCUT2D eigenvalue weighted by Gasteiger charge is 2.32. The lowest BCUT2D eigenvalue weighted by molar-refractivity contribution is -0.00257. The monoisotopic (exact) mass is 415 g/mol.